The van der Waals surface area contributed by atoms with Crippen molar-refractivity contribution in [1.82, 2.24) is 19.6 Å². The molecule has 1 aliphatic heterocycles. The van der Waals surface area contributed by atoms with Gasteiger partial charge in [0.25, 0.3) is 0 Å². The highest BCUT2D eigenvalue weighted by atomic mass is 31.2. The number of phosphoric acid groups is 1. The molecule has 0 amide bonds. The third kappa shape index (κ3) is 36.0. The zero-order valence-electron chi connectivity index (χ0n) is 40.7. The van der Waals surface area contributed by atoms with Gasteiger partial charge in [0.05, 0.1) is 19.8 Å². The molecule has 1 rings (SSSR count). The molecule has 9 heteroatoms. The molecule has 0 aromatic rings. The summed E-state index contributed by atoms with van der Waals surface area (Å²) in [7, 11) is -3.44. The highest BCUT2D eigenvalue weighted by Gasteiger charge is 2.25. The summed E-state index contributed by atoms with van der Waals surface area (Å²) in [6.45, 7) is 26.1. The van der Waals surface area contributed by atoms with Crippen LogP contribution in [0.15, 0.2) is 0 Å². The zero-order chi connectivity index (χ0) is 42.8. The molecule has 0 aliphatic carbocycles. The normalized spacial score (nSPS) is 14.4. The molecule has 0 aromatic carbocycles. The molecule has 0 unspecified atom stereocenters. The second-order valence-electron chi connectivity index (χ2n) is 18.0. The predicted molar refractivity (Wildman–Crippen MR) is 258 cm³/mol. The van der Waals surface area contributed by atoms with Crippen molar-refractivity contribution in [2.75, 3.05) is 98.4 Å². The zero-order valence-corrected chi connectivity index (χ0v) is 41.6. The molecule has 8 nitrogen and oxygen atoms in total. The molecule has 0 saturated carbocycles. The lowest BCUT2D eigenvalue weighted by molar-refractivity contribution is 0.112. The fraction of sp³-hybridized carbons (Fsp3) is 1.00. The summed E-state index contributed by atoms with van der Waals surface area (Å²) in [5.74, 6) is 0. The molecule has 354 valence electrons. The molecular formula is C50H105N4O4P. The van der Waals surface area contributed by atoms with Crippen LogP contribution in [0.1, 0.15) is 227 Å². The first kappa shape index (κ1) is 57.0. The minimum atomic E-state index is -3.44. The predicted octanol–water partition coefficient (Wildman–Crippen LogP) is 14.2. The summed E-state index contributed by atoms with van der Waals surface area (Å²) in [4.78, 5) is 10.9. The molecule has 59 heavy (non-hydrogen) atoms. The Hall–Kier alpha value is -0.0500. The van der Waals surface area contributed by atoms with Crippen LogP contribution in [-0.4, -0.2) is 118 Å². The standard InChI is InChI=1S/C50H105N4O4P/c1-6-11-14-17-20-23-26-29-32-38-51(39-33-30-27-24-21-18-15-12-7-2)41-35-43-53-46-48-54(49-47-53)44-36-42-52(40-34-31-28-25-22-19-16-13-8-3)45-37-50-58-59(55,56-9-4)57-10-5/h6-50H2,1-5H3. The first-order valence-electron chi connectivity index (χ1n) is 26.4. The smallest absolute Gasteiger partial charge is 0.303 e. The van der Waals surface area contributed by atoms with Crippen molar-refractivity contribution >= 4 is 7.82 Å². The lowest BCUT2D eigenvalue weighted by Crippen LogP contribution is -2.47. The Labute approximate surface area is 370 Å². The fourth-order valence-electron chi connectivity index (χ4n) is 8.77. The number of nitrogens with zero attached hydrogens (tertiary/aromatic N) is 4. The maximum Gasteiger partial charge on any atom is 0.474 e. The molecule has 1 fully saturated rings. The fourth-order valence-corrected chi connectivity index (χ4v) is 9.98. The Bertz CT molecular complexity index is 861. The number of rotatable bonds is 47. The molecule has 1 heterocycles. The minimum absolute atomic E-state index is 0.327. The summed E-state index contributed by atoms with van der Waals surface area (Å²) in [5.41, 5.74) is 0. The lowest BCUT2D eigenvalue weighted by Gasteiger charge is -2.35. The van der Waals surface area contributed by atoms with Crippen molar-refractivity contribution in [3.05, 3.63) is 0 Å². The van der Waals surface area contributed by atoms with E-state index in [1.165, 1.54) is 245 Å². The molecule has 0 radical (unpaired) electrons. The molecule has 1 aliphatic rings. The van der Waals surface area contributed by atoms with Gasteiger partial charge in [-0.1, -0.05) is 175 Å². The first-order chi connectivity index (χ1) is 29.0. The number of hydrogen-bond acceptors (Lipinski definition) is 8. The molecular weight excluding hydrogens is 752 g/mol. The van der Waals surface area contributed by atoms with Gasteiger partial charge in [-0.2, -0.15) is 0 Å². The molecule has 0 spiro atoms. The van der Waals surface area contributed by atoms with E-state index in [-0.39, 0.29) is 0 Å². The van der Waals surface area contributed by atoms with Gasteiger partial charge in [0.2, 0.25) is 0 Å². The second kappa shape index (κ2) is 43.2. The van der Waals surface area contributed by atoms with Gasteiger partial charge >= 0.3 is 7.82 Å². The Kier molecular flexibility index (Phi) is 41.7. The van der Waals surface area contributed by atoms with Crippen molar-refractivity contribution in [3.8, 4) is 0 Å². The van der Waals surface area contributed by atoms with Gasteiger partial charge in [0.1, 0.15) is 0 Å². The van der Waals surface area contributed by atoms with Crippen molar-refractivity contribution in [2.45, 2.75) is 227 Å². The van der Waals surface area contributed by atoms with Gasteiger partial charge in [-0.3, -0.25) is 13.6 Å². The first-order valence-corrected chi connectivity index (χ1v) is 27.9. The largest absolute Gasteiger partial charge is 0.474 e. The molecule has 0 bridgehead atoms. The average Bonchev–Trinajstić information content (AvgIpc) is 3.23. The second-order valence-corrected chi connectivity index (χ2v) is 19.7. The van der Waals surface area contributed by atoms with Crippen LogP contribution in [0.4, 0.5) is 0 Å². The van der Waals surface area contributed by atoms with Crippen molar-refractivity contribution in [3.63, 3.8) is 0 Å². The van der Waals surface area contributed by atoms with Gasteiger partial charge in [-0.05, 0) is 98.2 Å². The van der Waals surface area contributed by atoms with E-state index in [9.17, 15) is 4.57 Å². The van der Waals surface area contributed by atoms with Crippen LogP contribution >= 0.6 is 7.82 Å². The number of unbranched alkanes of at least 4 members (excludes halogenated alkanes) is 24. The van der Waals surface area contributed by atoms with Gasteiger partial charge in [0, 0.05) is 32.7 Å². The Morgan fingerprint density at radius 2 is 0.627 bits per heavy atom. The maximum atomic E-state index is 12.8. The van der Waals surface area contributed by atoms with E-state index in [2.05, 4.69) is 40.4 Å². The topological polar surface area (TPSA) is 57.7 Å². The summed E-state index contributed by atoms with van der Waals surface area (Å²) in [6.07, 6.45) is 41.1. The van der Waals surface area contributed by atoms with Crippen molar-refractivity contribution in [1.29, 1.82) is 0 Å². The summed E-state index contributed by atoms with van der Waals surface area (Å²) < 4.78 is 29.1. The third-order valence-corrected chi connectivity index (χ3v) is 14.2. The number of phosphoric ester groups is 1. The van der Waals surface area contributed by atoms with E-state index in [1.54, 1.807) is 0 Å². The molecule has 0 N–H and O–H groups in total. The minimum Gasteiger partial charge on any atom is -0.303 e. The van der Waals surface area contributed by atoms with E-state index in [4.69, 9.17) is 13.6 Å². The van der Waals surface area contributed by atoms with Crippen molar-refractivity contribution in [2.24, 2.45) is 0 Å². The molecule has 0 aromatic heterocycles. The Balaban J connectivity index is 2.43. The summed E-state index contributed by atoms with van der Waals surface area (Å²) >= 11 is 0. The van der Waals surface area contributed by atoms with Crippen molar-refractivity contribution < 1.29 is 18.1 Å². The van der Waals surface area contributed by atoms with Crippen LogP contribution in [0.2, 0.25) is 0 Å². The van der Waals surface area contributed by atoms with Gasteiger partial charge in [-0.25, -0.2) is 4.57 Å². The quantitative estimate of drug-likeness (QED) is 0.0443. The Morgan fingerprint density at radius 1 is 0.356 bits per heavy atom. The summed E-state index contributed by atoms with van der Waals surface area (Å²) in [6, 6.07) is 0. The SMILES string of the molecule is CCCCCCCCCCCN(CCCCCCCCCCC)CCCN1CCN(CCCN(CCCCCCCCCCC)CCCOP(=O)(OCC)OCC)CC1. The van der Waals surface area contributed by atoms with Crippen LogP contribution in [-0.2, 0) is 18.1 Å². The van der Waals surface area contributed by atoms with Gasteiger partial charge in [0.15, 0.2) is 0 Å². The van der Waals surface area contributed by atoms with Crippen LogP contribution in [0.3, 0.4) is 0 Å². The monoisotopic (exact) mass is 857 g/mol. The van der Waals surface area contributed by atoms with Crippen LogP contribution < -0.4 is 0 Å². The van der Waals surface area contributed by atoms with E-state index in [0.29, 0.717) is 19.8 Å². The van der Waals surface area contributed by atoms with E-state index in [1.807, 2.05) is 13.8 Å². The highest BCUT2D eigenvalue weighted by Crippen LogP contribution is 2.49. The van der Waals surface area contributed by atoms with Gasteiger partial charge < -0.3 is 19.6 Å². The van der Waals surface area contributed by atoms with Crippen LogP contribution in [0, 0.1) is 0 Å². The van der Waals surface area contributed by atoms with E-state index < -0.39 is 7.82 Å². The van der Waals surface area contributed by atoms with Gasteiger partial charge in [-0.15, -0.1) is 0 Å². The van der Waals surface area contributed by atoms with Crippen LogP contribution in [0.5, 0.6) is 0 Å². The lowest BCUT2D eigenvalue weighted by atomic mass is 10.1. The molecule has 1 saturated heterocycles. The number of hydrogen-bond donors (Lipinski definition) is 0. The number of piperazine rings is 1. The third-order valence-electron chi connectivity index (χ3n) is 12.5. The van der Waals surface area contributed by atoms with E-state index >= 15 is 0 Å². The highest BCUT2D eigenvalue weighted by molar-refractivity contribution is 7.48. The Morgan fingerprint density at radius 3 is 0.932 bits per heavy atom. The van der Waals surface area contributed by atoms with Crippen LogP contribution in [0.25, 0.3) is 0 Å². The average molecular weight is 857 g/mol. The summed E-state index contributed by atoms with van der Waals surface area (Å²) in [5, 5.41) is 0. The molecule has 0 atom stereocenters. The van der Waals surface area contributed by atoms with E-state index in [0.717, 1.165) is 26.1 Å². The maximum absolute atomic E-state index is 12.8.